The summed E-state index contributed by atoms with van der Waals surface area (Å²) in [7, 11) is -2.66. The fraction of sp³-hybridized carbons (Fsp3) is 0.0769. The van der Waals surface area contributed by atoms with Crippen molar-refractivity contribution in [3.05, 3.63) is 52.5 Å². The average molecular weight is 378 g/mol. The molecule has 2 aromatic rings. The molecule has 8 heteroatoms. The lowest BCUT2D eigenvalue weighted by atomic mass is 10.3. The number of benzene rings is 2. The van der Waals surface area contributed by atoms with E-state index in [1.807, 2.05) is 4.72 Å². The quantitative estimate of drug-likeness (QED) is 0.886. The molecule has 0 aliphatic rings. The lowest BCUT2D eigenvalue weighted by Crippen LogP contribution is -2.15. The molecule has 2 aromatic carbocycles. The summed E-state index contributed by atoms with van der Waals surface area (Å²) in [6, 6.07) is 7.35. The number of hydrogen-bond acceptors (Lipinski definition) is 3. The highest BCUT2D eigenvalue weighted by molar-refractivity contribution is 9.10. The zero-order chi connectivity index (χ0) is 15.6. The van der Waals surface area contributed by atoms with Gasteiger partial charge >= 0.3 is 0 Å². The van der Waals surface area contributed by atoms with Gasteiger partial charge in [-0.15, -0.1) is 0 Å². The number of rotatable bonds is 4. The second-order valence-corrected chi connectivity index (χ2v) is 6.62. The molecule has 0 unspecified atom stereocenters. The predicted octanol–water partition coefficient (Wildman–Crippen LogP) is 3.54. The minimum atomic E-state index is -4.10. The zero-order valence-electron chi connectivity index (χ0n) is 10.7. The summed E-state index contributed by atoms with van der Waals surface area (Å²) < 4.78 is 58.5. The van der Waals surface area contributed by atoms with Gasteiger partial charge in [0.2, 0.25) is 0 Å². The molecule has 0 fully saturated rings. The Balaban J connectivity index is 2.37. The van der Waals surface area contributed by atoms with E-state index in [2.05, 4.69) is 15.9 Å². The van der Waals surface area contributed by atoms with Crippen LogP contribution in [0.25, 0.3) is 0 Å². The summed E-state index contributed by atoms with van der Waals surface area (Å²) >= 11 is 2.92. The van der Waals surface area contributed by atoms with Crippen molar-refractivity contribution in [3.63, 3.8) is 0 Å². The van der Waals surface area contributed by atoms with E-state index in [0.717, 1.165) is 12.1 Å². The predicted molar refractivity (Wildman–Crippen MR) is 77.9 cm³/mol. The van der Waals surface area contributed by atoms with Gasteiger partial charge in [-0.3, -0.25) is 4.72 Å². The van der Waals surface area contributed by atoms with Crippen LogP contribution in [0, 0.1) is 11.6 Å². The van der Waals surface area contributed by atoms with Crippen molar-refractivity contribution in [2.75, 3.05) is 11.8 Å². The van der Waals surface area contributed by atoms with Gasteiger partial charge in [-0.2, -0.15) is 0 Å². The summed E-state index contributed by atoms with van der Waals surface area (Å²) in [5, 5.41) is 0. The molecule has 0 amide bonds. The Morgan fingerprint density at radius 3 is 2.10 bits per heavy atom. The van der Waals surface area contributed by atoms with Crippen LogP contribution in [0.15, 0.2) is 45.8 Å². The Morgan fingerprint density at radius 1 is 1.10 bits per heavy atom. The van der Waals surface area contributed by atoms with Gasteiger partial charge in [-0.05, 0) is 36.4 Å². The highest BCUT2D eigenvalue weighted by Gasteiger charge is 2.19. The van der Waals surface area contributed by atoms with Crippen molar-refractivity contribution in [1.29, 1.82) is 0 Å². The maximum atomic E-state index is 13.7. The van der Waals surface area contributed by atoms with E-state index in [9.17, 15) is 17.2 Å². The van der Waals surface area contributed by atoms with Crippen molar-refractivity contribution in [3.8, 4) is 5.75 Å². The Kier molecular flexibility index (Phi) is 4.48. The lowest BCUT2D eigenvalue weighted by Gasteiger charge is -2.10. The Bertz CT molecular complexity index is 740. The van der Waals surface area contributed by atoms with E-state index in [4.69, 9.17) is 4.74 Å². The lowest BCUT2D eigenvalue weighted by molar-refractivity contribution is 0.414. The molecule has 21 heavy (non-hydrogen) atoms. The maximum absolute atomic E-state index is 13.7. The van der Waals surface area contributed by atoms with Crippen LogP contribution in [0.5, 0.6) is 5.75 Å². The number of methoxy groups -OCH3 is 1. The molecule has 0 spiro atoms. The van der Waals surface area contributed by atoms with Gasteiger partial charge in [0.15, 0.2) is 11.6 Å². The van der Waals surface area contributed by atoms with Gasteiger partial charge in [-0.1, -0.05) is 15.9 Å². The summed E-state index contributed by atoms with van der Waals surface area (Å²) in [4.78, 5) is -0.134. The van der Waals surface area contributed by atoms with Crippen molar-refractivity contribution in [1.82, 2.24) is 0 Å². The number of nitrogens with one attached hydrogen (secondary N) is 1. The monoisotopic (exact) mass is 377 g/mol. The standard InChI is InChI=1S/C13H10BrF2NO3S/c1-20-9-2-4-10(5-3-9)21(18,19)17-13-11(15)6-8(14)7-12(13)16/h2-7,17H,1H3. The van der Waals surface area contributed by atoms with Crippen molar-refractivity contribution in [2.24, 2.45) is 0 Å². The van der Waals surface area contributed by atoms with Gasteiger partial charge in [0.05, 0.1) is 12.0 Å². The zero-order valence-corrected chi connectivity index (χ0v) is 13.1. The third kappa shape index (κ3) is 3.51. The van der Waals surface area contributed by atoms with Crippen LogP contribution in [0.2, 0.25) is 0 Å². The van der Waals surface area contributed by atoms with Gasteiger partial charge in [0.1, 0.15) is 11.4 Å². The molecule has 0 saturated carbocycles. The topological polar surface area (TPSA) is 55.4 Å². The first-order valence-corrected chi connectivity index (χ1v) is 7.92. The van der Waals surface area contributed by atoms with E-state index in [1.165, 1.54) is 31.4 Å². The second kappa shape index (κ2) is 5.98. The maximum Gasteiger partial charge on any atom is 0.262 e. The van der Waals surface area contributed by atoms with Gasteiger partial charge in [0, 0.05) is 4.47 Å². The fourth-order valence-corrected chi connectivity index (χ4v) is 3.07. The van der Waals surface area contributed by atoms with E-state index < -0.39 is 27.3 Å². The molecule has 0 saturated heterocycles. The van der Waals surface area contributed by atoms with Gasteiger partial charge in [-0.25, -0.2) is 17.2 Å². The van der Waals surface area contributed by atoms with Crippen LogP contribution in [-0.4, -0.2) is 15.5 Å². The number of ether oxygens (including phenoxy) is 1. The third-order valence-electron chi connectivity index (χ3n) is 2.61. The Hall–Kier alpha value is -1.67. The summed E-state index contributed by atoms with van der Waals surface area (Å²) in [6.07, 6.45) is 0. The molecule has 1 N–H and O–H groups in total. The highest BCUT2D eigenvalue weighted by atomic mass is 79.9. The van der Waals surface area contributed by atoms with Crippen LogP contribution in [-0.2, 0) is 10.0 Å². The molecule has 0 aliphatic carbocycles. The third-order valence-corrected chi connectivity index (χ3v) is 4.44. The first-order valence-electron chi connectivity index (χ1n) is 5.65. The molecule has 112 valence electrons. The van der Waals surface area contributed by atoms with Crippen LogP contribution in [0.4, 0.5) is 14.5 Å². The smallest absolute Gasteiger partial charge is 0.262 e. The Morgan fingerprint density at radius 2 is 1.62 bits per heavy atom. The molecule has 0 heterocycles. The van der Waals surface area contributed by atoms with Crippen LogP contribution in [0.3, 0.4) is 0 Å². The van der Waals surface area contributed by atoms with Crippen molar-refractivity contribution >= 4 is 31.6 Å². The number of sulfonamides is 1. The van der Waals surface area contributed by atoms with Crippen LogP contribution in [0.1, 0.15) is 0 Å². The molecule has 0 aliphatic heterocycles. The van der Waals surface area contributed by atoms with E-state index >= 15 is 0 Å². The molecule has 0 bridgehead atoms. The fourth-order valence-electron chi connectivity index (χ4n) is 1.59. The molecular formula is C13H10BrF2NO3S. The van der Waals surface area contributed by atoms with Crippen molar-refractivity contribution in [2.45, 2.75) is 4.90 Å². The van der Waals surface area contributed by atoms with E-state index in [-0.39, 0.29) is 9.37 Å². The minimum absolute atomic E-state index is 0.134. The number of hydrogen-bond donors (Lipinski definition) is 1. The molecule has 0 radical (unpaired) electrons. The van der Waals surface area contributed by atoms with Gasteiger partial charge < -0.3 is 4.74 Å². The number of anilines is 1. The molecule has 4 nitrogen and oxygen atoms in total. The normalized spacial score (nSPS) is 11.2. The van der Waals surface area contributed by atoms with Gasteiger partial charge in [0.25, 0.3) is 10.0 Å². The summed E-state index contributed by atoms with van der Waals surface area (Å²) in [5.74, 6) is -1.56. The Labute approximate surface area is 128 Å². The molecular weight excluding hydrogens is 368 g/mol. The second-order valence-electron chi connectivity index (χ2n) is 4.03. The average Bonchev–Trinajstić information content (AvgIpc) is 2.43. The largest absolute Gasteiger partial charge is 0.497 e. The van der Waals surface area contributed by atoms with Crippen molar-refractivity contribution < 1.29 is 21.9 Å². The molecule has 2 rings (SSSR count). The minimum Gasteiger partial charge on any atom is -0.497 e. The van der Waals surface area contributed by atoms with Crippen LogP contribution < -0.4 is 9.46 Å². The first kappa shape index (κ1) is 15.7. The molecule has 0 aromatic heterocycles. The first-order chi connectivity index (χ1) is 9.83. The molecule has 0 atom stereocenters. The highest BCUT2D eigenvalue weighted by Crippen LogP contribution is 2.26. The number of halogens is 3. The SMILES string of the molecule is COc1ccc(S(=O)(=O)Nc2c(F)cc(Br)cc2F)cc1. The van der Waals surface area contributed by atoms with E-state index in [1.54, 1.807) is 0 Å². The van der Waals surface area contributed by atoms with E-state index in [0.29, 0.717) is 5.75 Å². The summed E-state index contributed by atoms with van der Waals surface area (Å²) in [5.41, 5.74) is -0.728. The van der Waals surface area contributed by atoms with Crippen LogP contribution >= 0.6 is 15.9 Å². The summed E-state index contributed by atoms with van der Waals surface area (Å²) in [6.45, 7) is 0.